The minimum atomic E-state index is -3.31. The maximum absolute atomic E-state index is 12.6. The molecule has 1 aromatic carbocycles. The molecule has 0 amide bonds. The maximum Gasteiger partial charge on any atom is 0.216 e. The van der Waals surface area contributed by atoms with Gasteiger partial charge in [0.15, 0.2) is 0 Å². The Balaban J connectivity index is 1.74. The largest absolute Gasteiger partial charge is 0.375 e. The Morgan fingerprint density at radius 3 is 2.91 bits per heavy atom. The Morgan fingerprint density at radius 1 is 1.32 bits per heavy atom. The van der Waals surface area contributed by atoms with Gasteiger partial charge in [-0.05, 0) is 26.0 Å². The highest BCUT2D eigenvalue weighted by Crippen LogP contribution is 2.17. The molecule has 2 heterocycles. The molecule has 1 aliphatic heterocycles. The van der Waals surface area contributed by atoms with Crippen LogP contribution >= 0.6 is 0 Å². The van der Waals surface area contributed by atoms with Gasteiger partial charge in [-0.2, -0.15) is 4.31 Å². The lowest BCUT2D eigenvalue weighted by Crippen LogP contribution is -2.51. The molecule has 0 aliphatic carbocycles. The van der Waals surface area contributed by atoms with Gasteiger partial charge < -0.3 is 9.30 Å². The maximum atomic E-state index is 12.6. The van der Waals surface area contributed by atoms with Crippen LogP contribution in [0.1, 0.15) is 13.8 Å². The molecule has 7 heteroatoms. The van der Waals surface area contributed by atoms with E-state index in [2.05, 4.69) is 4.98 Å². The fraction of sp³-hybridized carbons (Fsp3) is 0.533. The van der Waals surface area contributed by atoms with Crippen LogP contribution < -0.4 is 0 Å². The van der Waals surface area contributed by atoms with Gasteiger partial charge in [0.1, 0.15) is 0 Å². The Labute approximate surface area is 130 Å². The first-order chi connectivity index (χ1) is 10.5. The summed E-state index contributed by atoms with van der Waals surface area (Å²) in [5.41, 5.74) is 1.84. The minimum absolute atomic E-state index is 0.0555. The quantitative estimate of drug-likeness (QED) is 0.855. The number of sulfonamides is 1. The SMILES string of the molecule is C[C@@H]1CN(S(=O)(=O)CCn2cnc3ccccc32)[C@@H](C)CO1. The number of imidazole rings is 1. The average Bonchev–Trinajstić information content (AvgIpc) is 2.91. The summed E-state index contributed by atoms with van der Waals surface area (Å²) in [4.78, 5) is 4.29. The molecule has 3 rings (SSSR count). The molecular formula is C15H21N3O3S. The molecule has 1 saturated heterocycles. The summed E-state index contributed by atoms with van der Waals surface area (Å²) in [5.74, 6) is 0.0738. The average molecular weight is 323 g/mol. The Morgan fingerprint density at radius 2 is 2.09 bits per heavy atom. The second-order valence-corrected chi connectivity index (χ2v) is 7.85. The summed E-state index contributed by atoms with van der Waals surface area (Å²) in [6.45, 7) is 5.07. The van der Waals surface area contributed by atoms with E-state index in [0.717, 1.165) is 11.0 Å². The van der Waals surface area contributed by atoms with Gasteiger partial charge in [0.2, 0.25) is 10.0 Å². The van der Waals surface area contributed by atoms with E-state index in [1.54, 1.807) is 10.6 Å². The normalized spacial score (nSPS) is 23.9. The molecular weight excluding hydrogens is 302 g/mol. The van der Waals surface area contributed by atoms with E-state index in [1.807, 2.05) is 42.7 Å². The van der Waals surface area contributed by atoms with Crippen molar-refractivity contribution in [2.45, 2.75) is 32.5 Å². The lowest BCUT2D eigenvalue weighted by atomic mass is 10.2. The molecule has 0 bridgehead atoms. The highest BCUT2D eigenvalue weighted by atomic mass is 32.2. The molecule has 2 atom stereocenters. The third-order valence-electron chi connectivity index (χ3n) is 4.03. The summed E-state index contributed by atoms with van der Waals surface area (Å²) in [6.07, 6.45) is 1.64. The number of aryl methyl sites for hydroxylation is 1. The zero-order valence-corrected chi connectivity index (χ0v) is 13.7. The second-order valence-electron chi connectivity index (χ2n) is 5.81. The van der Waals surface area contributed by atoms with Gasteiger partial charge in [0.25, 0.3) is 0 Å². The molecule has 120 valence electrons. The monoisotopic (exact) mass is 323 g/mol. The van der Waals surface area contributed by atoms with Crippen LogP contribution in [0.2, 0.25) is 0 Å². The summed E-state index contributed by atoms with van der Waals surface area (Å²) in [7, 11) is -3.31. The van der Waals surface area contributed by atoms with E-state index in [0.29, 0.717) is 19.7 Å². The number of para-hydroxylation sites is 2. The van der Waals surface area contributed by atoms with Crippen LogP contribution in [-0.2, 0) is 21.3 Å². The van der Waals surface area contributed by atoms with Crippen molar-refractivity contribution in [1.29, 1.82) is 0 Å². The molecule has 6 nitrogen and oxygen atoms in total. The number of benzene rings is 1. The van der Waals surface area contributed by atoms with Crippen molar-refractivity contribution in [1.82, 2.24) is 13.9 Å². The summed E-state index contributed by atoms with van der Waals surface area (Å²) in [5, 5.41) is 0. The summed E-state index contributed by atoms with van der Waals surface area (Å²) < 4.78 is 34.2. The van der Waals surface area contributed by atoms with Crippen LogP contribution in [0, 0.1) is 0 Å². The number of rotatable bonds is 4. The van der Waals surface area contributed by atoms with Crippen LogP contribution in [0.15, 0.2) is 30.6 Å². The first-order valence-electron chi connectivity index (χ1n) is 7.48. The van der Waals surface area contributed by atoms with Crippen molar-refractivity contribution < 1.29 is 13.2 Å². The first-order valence-corrected chi connectivity index (χ1v) is 9.09. The van der Waals surface area contributed by atoms with Gasteiger partial charge in [-0.15, -0.1) is 0 Å². The Bertz CT molecular complexity index is 756. The van der Waals surface area contributed by atoms with Gasteiger partial charge in [-0.1, -0.05) is 12.1 Å². The molecule has 0 saturated carbocycles. The molecule has 22 heavy (non-hydrogen) atoms. The van der Waals surface area contributed by atoms with E-state index >= 15 is 0 Å². The van der Waals surface area contributed by atoms with Crippen molar-refractivity contribution in [3.8, 4) is 0 Å². The zero-order valence-electron chi connectivity index (χ0n) is 12.8. The minimum Gasteiger partial charge on any atom is -0.375 e. The van der Waals surface area contributed by atoms with E-state index < -0.39 is 10.0 Å². The lowest BCUT2D eigenvalue weighted by Gasteiger charge is -2.35. The third-order valence-corrected chi connectivity index (χ3v) is 5.95. The molecule has 1 aromatic heterocycles. The van der Waals surface area contributed by atoms with Gasteiger partial charge in [-0.25, -0.2) is 13.4 Å². The highest BCUT2D eigenvalue weighted by Gasteiger charge is 2.32. The van der Waals surface area contributed by atoms with E-state index in [-0.39, 0.29) is 17.9 Å². The molecule has 1 aliphatic rings. The zero-order chi connectivity index (χ0) is 15.7. The summed E-state index contributed by atoms with van der Waals surface area (Å²) in [6, 6.07) is 7.62. The number of morpholine rings is 1. The van der Waals surface area contributed by atoms with E-state index in [4.69, 9.17) is 4.74 Å². The molecule has 0 N–H and O–H groups in total. The molecule has 0 unspecified atom stereocenters. The summed E-state index contributed by atoms with van der Waals surface area (Å²) >= 11 is 0. The van der Waals surface area contributed by atoms with Gasteiger partial charge in [0, 0.05) is 19.1 Å². The number of nitrogens with zero attached hydrogens (tertiary/aromatic N) is 3. The molecule has 2 aromatic rings. The van der Waals surface area contributed by atoms with E-state index in [9.17, 15) is 8.42 Å². The van der Waals surface area contributed by atoms with Gasteiger partial charge >= 0.3 is 0 Å². The number of fused-ring (bicyclic) bond motifs is 1. The fourth-order valence-electron chi connectivity index (χ4n) is 2.78. The Hall–Kier alpha value is -1.44. The highest BCUT2D eigenvalue weighted by molar-refractivity contribution is 7.89. The molecule has 1 fully saturated rings. The number of ether oxygens (including phenoxy) is 1. The third kappa shape index (κ3) is 3.02. The van der Waals surface area contributed by atoms with Gasteiger partial charge in [-0.3, -0.25) is 0 Å². The second kappa shape index (κ2) is 5.98. The van der Waals surface area contributed by atoms with Crippen LogP contribution in [0.25, 0.3) is 11.0 Å². The smallest absolute Gasteiger partial charge is 0.216 e. The fourth-order valence-corrected chi connectivity index (χ4v) is 4.49. The number of aromatic nitrogens is 2. The van der Waals surface area contributed by atoms with Crippen molar-refractivity contribution >= 4 is 21.1 Å². The van der Waals surface area contributed by atoms with Crippen molar-refractivity contribution in [2.24, 2.45) is 0 Å². The Kier molecular flexibility index (Phi) is 4.20. The van der Waals surface area contributed by atoms with Gasteiger partial charge in [0.05, 0.1) is 35.8 Å². The van der Waals surface area contributed by atoms with E-state index in [1.165, 1.54) is 0 Å². The van der Waals surface area contributed by atoms with Crippen LogP contribution in [-0.4, -0.2) is 53.3 Å². The van der Waals surface area contributed by atoms with Crippen LogP contribution in [0.4, 0.5) is 0 Å². The lowest BCUT2D eigenvalue weighted by molar-refractivity contribution is -0.0170. The van der Waals surface area contributed by atoms with Crippen molar-refractivity contribution in [2.75, 3.05) is 18.9 Å². The number of hydrogen-bond acceptors (Lipinski definition) is 4. The van der Waals surface area contributed by atoms with Crippen LogP contribution in [0.3, 0.4) is 0 Å². The molecule has 0 radical (unpaired) electrons. The van der Waals surface area contributed by atoms with Crippen molar-refractivity contribution in [3.05, 3.63) is 30.6 Å². The van der Waals surface area contributed by atoms with Crippen LogP contribution in [0.5, 0.6) is 0 Å². The standard InChI is InChI=1S/C15H21N3O3S/c1-12-10-21-13(2)9-18(12)22(19,20)8-7-17-11-16-14-5-3-4-6-15(14)17/h3-6,11-13H,7-10H2,1-2H3/t12-,13+/m0/s1. The topological polar surface area (TPSA) is 64.4 Å². The predicted molar refractivity (Wildman–Crippen MR) is 85.1 cm³/mol. The molecule has 0 spiro atoms. The van der Waals surface area contributed by atoms with Crippen molar-refractivity contribution in [3.63, 3.8) is 0 Å². The first kappa shape index (κ1) is 15.5. The predicted octanol–water partition coefficient (Wildman–Crippen LogP) is 1.48. The number of hydrogen-bond donors (Lipinski definition) is 0.